The van der Waals surface area contributed by atoms with Gasteiger partial charge in [0, 0.05) is 18.5 Å². The van der Waals surface area contributed by atoms with Crippen molar-refractivity contribution in [1.29, 1.82) is 0 Å². The lowest BCUT2D eigenvalue weighted by Crippen LogP contribution is -1.98. The fraction of sp³-hybridized carbons (Fsp3) is 0.130. The Morgan fingerprint density at radius 3 is 2.55 bits per heavy atom. The highest BCUT2D eigenvalue weighted by molar-refractivity contribution is 5.95. The molecule has 0 spiro atoms. The second kappa shape index (κ2) is 6.98. The molecule has 0 bridgehead atoms. The van der Waals surface area contributed by atoms with E-state index in [9.17, 15) is 0 Å². The maximum Gasteiger partial charge on any atom is 0.162 e. The monoisotopic (exact) mass is 384 g/mol. The SMILES string of the molecule is COc1cc2[nH]nc(-c3nc4ccccc4n3C)c2cc1OCc1ccccc1. The van der Waals surface area contributed by atoms with Gasteiger partial charge in [-0.05, 0) is 23.8 Å². The third-order valence-corrected chi connectivity index (χ3v) is 5.08. The highest BCUT2D eigenvalue weighted by Gasteiger charge is 2.18. The molecule has 0 radical (unpaired) electrons. The molecule has 0 aliphatic carbocycles. The molecular weight excluding hydrogens is 364 g/mol. The fourth-order valence-corrected chi connectivity index (χ4v) is 3.56. The van der Waals surface area contributed by atoms with Gasteiger partial charge in [-0.3, -0.25) is 5.10 Å². The summed E-state index contributed by atoms with van der Waals surface area (Å²) in [6.07, 6.45) is 0. The predicted octanol–water partition coefficient (Wildman–Crippen LogP) is 4.70. The van der Waals surface area contributed by atoms with Crippen molar-refractivity contribution < 1.29 is 9.47 Å². The Morgan fingerprint density at radius 1 is 0.966 bits per heavy atom. The standard InChI is InChI=1S/C23H20N4O2/c1-27-19-11-7-6-10-17(19)24-23(27)22-16-12-21(20(28-2)13-18(16)25-26-22)29-14-15-8-4-3-5-9-15/h3-13H,14H2,1-2H3,(H,25,26). The molecule has 6 heteroatoms. The van der Waals surface area contributed by atoms with E-state index in [-0.39, 0.29) is 0 Å². The number of H-pyrrole nitrogens is 1. The van der Waals surface area contributed by atoms with Crippen molar-refractivity contribution >= 4 is 21.9 Å². The summed E-state index contributed by atoms with van der Waals surface area (Å²) < 4.78 is 13.7. The van der Waals surface area contributed by atoms with Crippen LogP contribution in [0, 0.1) is 0 Å². The Hall–Kier alpha value is -3.80. The number of benzene rings is 3. The van der Waals surface area contributed by atoms with Gasteiger partial charge in [0.15, 0.2) is 17.3 Å². The van der Waals surface area contributed by atoms with Crippen LogP contribution in [0.4, 0.5) is 0 Å². The summed E-state index contributed by atoms with van der Waals surface area (Å²) in [6.45, 7) is 0.460. The number of rotatable bonds is 5. The van der Waals surface area contributed by atoms with E-state index in [0.717, 1.165) is 39.0 Å². The van der Waals surface area contributed by atoms with Crippen LogP contribution in [0.15, 0.2) is 66.7 Å². The van der Waals surface area contributed by atoms with Crippen molar-refractivity contribution in [3.05, 3.63) is 72.3 Å². The molecule has 2 heterocycles. The lowest BCUT2D eigenvalue weighted by atomic mass is 10.1. The van der Waals surface area contributed by atoms with Gasteiger partial charge in [-0.25, -0.2) is 4.98 Å². The Kier molecular flexibility index (Phi) is 4.17. The first-order valence-electron chi connectivity index (χ1n) is 9.39. The lowest BCUT2D eigenvalue weighted by Gasteiger charge is -2.11. The Morgan fingerprint density at radius 2 is 1.76 bits per heavy atom. The molecule has 0 fully saturated rings. The first-order chi connectivity index (χ1) is 14.2. The highest BCUT2D eigenvalue weighted by atomic mass is 16.5. The number of imidazole rings is 1. The number of methoxy groups -OCH3 is 1. The topological polar surface area (TPSA) is 65.0 Å². The minimum absolute atomic E-state index is 0.460. The molecule has 0 atom stereocenters. The number of fused-ring (bicyclic) bond motifs is 2. The summed E-state index contributed by atoms with van der Waals surface area (Å²) in [5, 5.41) is 8.57. The molecule has 2 aromatic heterocycles. The first kappa shape index (κ1) is 17.3. The van der Waals surface area contributed by atoms with Gasteiger partial charge in [0.1, 0.15) is 12.3 Å². The molecule has 5 rings (SSSR count). The molecule has 3 aromatic carbocycles. The number of ether oxygens (including phenoxy) is 2. The van der Waals surface area contributed by atoms with Crippen molar-refractivity contribution in [3.8, 4) is 23.0 Å². The number of hydrogen-bond acceptors (Lipinski definition) is 4. The van der Waals surface area contributed by atoms with Crippen LogP contribution in [0.1, 0.15) is 5.56 Å². The van der Waals surface area contributed by atoms with Gasteiger partial charge in [-0.2, -0.15) is 5.10 Å². The number of nitrogens with zero attached hydrogens (tertiary/aromatic N) is 3. The van der Waals surface area contributed by atoms with Crippen LogP contribution in [0.2, 0.25) is 0 Å². The molecule has 144 valence electrons. The molecule has 29 heavy (non-hydrogen) atoms. The smallest absolute Gasteiger partial charge is 0.162 e. The first-order valence-corrected chi connectivity index (χ1v) is 9.39. The zero-order valence-electron chi connectivity index (χ0n) is 16.2. The van der Waals surface area contributed by atoms with Crippen molar-refractivity contribution in [2.24, 2.45) is 7.05 Å². The molecular formula is C23H20N4O2. The number of aryl methyl sites for hydroxylation is 1. The van der Waals surface area contributed by atoms with E-state index >= 15 is 0 Å². The summed E-state index contributed by atoms with van der Waals surface area (Å²) in [4.78, 5) is 4.78. The van der Waals surface area contributed by atoms with E-state index in [1.54, 1.807) is 7.11 Å². The van der Waals surface area contributed by atoms with Crippen LogP contribution in [0.5, 0.6) is 11.5 Å². The second-order valence-corrected chi connectivity index (χ2v) is 6.88. The number of nitrogens with one attached hydrogen (secondary N) is 1. The third-order valence-electron chi connectivity index (χ3n) is 5.08. The molecule has 5 aromatic rings. The number of aromatic amines is 1. The van der Waals surface area contributed by atoms with Crippen LogP contribution in [0.25, 0.3) is 33.5 Å². The van der Waals surface area contributed by atoms with Crippen molar-refractivity contribution in [1.82, 2.24) is 19.7 Å². The van der Waals surface area contributed by atoms with Gasteiger partial charge in [0.2, 0.25) is 0 Å². The van der Waals surface area contributed by atoms with E-state index in [1.807, 2.05) is 67.7 Å². The van der Waals surface area contributed by atoms with Gasteiger partial charge in [0.05, 0.1) is 23.7 Å². The molecule has 0 saturated heterocycles. The van der Waals surface area contributed by atoms with E-state index in [1.165, 1.54) is 0 Å². The average molecular weight is 384 g/mol. The quantitative estimate of drug-likeness (QED) is 0.477. The van der Waals surface area contributed by atoms with Crippen LogP contribution in [0.3, 0.4) is 0 Å². The Balaban J connectivity index is 1.59. The van der Waals surface area contributed by atoms with E-state index in [4.69, 9.17) is 14.5 Å². The zero-order chi connectivity index (χ0) is 19.8. The van der Waals surface area contributed by atoms with Crippen LogP contribution in [-0.2, 0) is 13.7 Å². The maximum absolute atomic E-state index is 6.08. The van der Waals surface area contributed by atoms with Crippen molar-refractivity contribution in [2.45, 2.75) is 6.61 Å². The molecule has 0 aliphatic heterocycles. The molecule has 0 saturated carbocycles. The van der Waals surface area contributed by atoms with Gasteiger partial charge >= 0.3 is 0 Å². The van der Waals surface area contributed by atoms with E-state index in [2.05, 4.69) is 20.8 Å². The third kappa shape index (κ3) is 2.99. The average Bonchev–Trinajstić information content (AvgIpc) is 3.32. The highest BCUT2D eigenvalue weighted by Crippen LogP contribution is 2.36. The molecule has 6 nitrogen and oxygen atoms in total. The number of para-hydroxylation sites is 2. The zero-order valence-corrected chi connectivity index (χ0v) is 16.2. The van der Waals surface area contributed by atoms with Gasteiger partial charge in [-0.1, -0.05) is 42.5 Å². The van der Waals surface area contributed by atoms with Crippen LogP contribution in [-0.4, -0.2) is 26.9 Å². The summed E-state index contributed by atoms with van der Waals surface area (Å²) in [6, 6.07) is 22.0. The fourth-order valence-electron chi connectivity index (χ4n) is 3.56. The summed E-state index contributed by atoms with van der Waals surface area (Å²) in [7, 11) is 3.64. The van der Waals surface area contributed by atoms with Crippen LogP contribution < -0.4 is 9.47 Å². The minimum Gasteiger partial charge on any atom is -0.493 e. The number of hydrogen-bond donors (Lipinski definition) is 1. The van der Waals surface area contributed by atoms with Crippen molar-refractivity contribution in [3.63, 3.8) is 0 Å². The van der Waals surface area contributed by atoms with E-state index in [0.29, 0.717) is 18.1 Å². The lowest BCUT2D eigenvalue weighted by molar-refractivity contribution is 0.285. The normalized spacial score (nSPS) is 11.2. The van der Waals surface area contributed by atoms with Gasteiger partial charge in [-0.15, -0.1) is 0 Å². The molecule has 0 aliphatic rings. The molecule has 0 unspecified atom stereocenters. The van der Waals surface area contributed by atoms with Crippen molar-refractivity contribution in [2.75, 3.05) is 7.11 Å². The Bertz CT molecular complexity index is 1300. The van der Waals surface area contributed by atoms with Gasteiger partial charge in [0.25, 0.3) is 0 Å². The predicted molar refractivity (Wildman–Crippen MR) is 113 cm³/mol. The largest absolute Gasteiger partial charge is 0.493 e. The number of aromatic nitrogens is 4. The summed E-state index contributed by atoms with van der Waals surface area (Å²) in [5.74, 6) is 2.13. The van der Waals surface area contributed by atoms with Crippen LogP contribution >= 0.6 is 0 Å². The maximum atomic E-state index is 6.08. The second-order valence-electron chi connectivity index (χ2n) is 6.88. The van der Waals surface area contributed by atoms with Gasteiger partial charge < -0.3 is 14.0 Å². The Labute approximate surface area is 167 Å². The molecule has 1 N–H and O–H groups in total. The summed E-state index contributed by atoms with van der Waals surface area (Å²) in [5.41, 5.74) is 4.75. The minimum atomic E-state index is 0.460. The summed E-state index contributed by atoms with van der Waals surface area (Å²) >= 11 is 0. The molecule has 0 amide bonds. The van der Waals surface area contributed by atoms with E-state index < -0.39 is 0 Å².